The smallest absolute Gasteiger partial charge is 0.333 e. The molecule has 0 bridgehead atoms. The standard InChI is InChI=1S/C11H17NO4.C10H15NO3/c1-4-10(14)16-8-6-12(5-7-13)11(15)9(2)3;1-7(2)9(12)11-5-6-14-10(13)8(3)4/h4,13H,1-2,5-8H2,3H3;1,3,5-6H2,2,4H3,(H,11,12). The van der Waals surface area contributed by atoms with Gasteiger partial charge in [-0.2, -0.15) is 0 Å². The Bertz CT molecular complexity index is 640. The Morgan fingerprint density at radius 3 is 1.97 bits per heavy atom. The van der Waals surface area contributed by atoms with Crippen LogP contribution in [0, 0.1) is 0 Å². The predicted molar refractivity (Wildman–Crippen MR) is 113 cm³/mol. The van der Waals surface area contributed by atoms with E-state index in [0.29, 0.717) is 16.7 Å². The van der Waals surface area contributed by atoms with Gasteiger partial charge in [-0.25, -0.2) is 9.59 Å². The predicted octanol–water partition coefficient (Wildman–Crippen LogP) is 0.911. The highest BCUT2D eigenvalue weighted by Gasteiger charge is 2.13. The second-order valence-corrected chi connectivity index (χ2v) is 6.12. The maximum Gasteiger partial charge on any atom is 0.333 e. The number of aliphatic hydroxyl groups is 1. The molecular formula is C21H32N2O7. The number of amides is 2. The summed E-state index contributed by atoms with van der Waals surface area (Å²) < 4.78 is 9.49. The SMILES string of the molecule is C=C(C)C(=O)NCCOC(=O)C(=C)C.C=CC(=O)OCCN(CCO)C(=O)C(=C)C. The van der Waals surface area contributed by atoms with Gasteiger partial charge < -0.3 is 24.8 Å². The van der Waals surface area contributed by atoms with Gasteiger partial charge in [0.2, 0.25) is 11.8 Å². The van der Waals surface area contributed by atoms with Crippen LogP contribution in [-0.4, -0.2) is 73.2 Å². The Kier molecular flexibility index (Phi) is 16.2. The molecule has 9 nitrogen and oxygen atoms in total. The van der Waals surface area contributed by atoms with E-state index in [2.05, 4.69) is 31.6 Å². The maximum absolute atomic E-state index is 11.5. The molecule has 0 atom stereocenters. The molecule has 2 N–H and O–H groups in total. The van der Waals surface area contributed by atoms with E-state index in [4.69, 9.17) is 14.6 Å². The molecule has 0 aromatic rings. The number of nitrogens with zero attached hydrogens (tertiary/aromatic N) is 1. The zero-order valence-corrected chi connectivity index (χ0v) is 18.0. The lowest BCUT2D eigenvalue weighted by Crippen LogP contribution is -2.36. The largest absolute Gasteiger partial charge is 0.461 e. The van der Waals surface area contributed by atoms with Gasteiger partial charge in [0, 0.05) is 29.3 Å². The maximum atomic E-state index is 11.5. The number of esters is 2. The first-order valence-corrected chi connectivity index (χ1v) is 9.09. The Balaban J connectivity index is 0. The van der Waals surface area contributed by atoms with Gasteiger partial charge in [0.15, 0.2) is 0 Å². The third-order valence-electron chi connectivity index (χ3n) is 3.15. The van der Waals surface area contributed by atoms with Crippen LogP contribution in [0.2, 0.25) is 0 Å². The fraction of sp³-hybridized carbons (Fsp3) is 0.429. The van der Waals surface area contributed by atoms with Crippen LogP contribution in [0.1, 0.15) is 20.8 Å². The summed E-state index contributed by atoms with van der Waals surface area (Å²) in [4.78, 5) is 45.5. The number of hydrogen-bond acceptors (Lipinski definition) is 7. The molecule has 0 aromatic heterocycles. The van der Waals surface area contributed by atoms with Crippen molar-refractivity contribution in [1.82, 2.24) is 10.2 Å². The number of hydrogen-bond donors (Lipinski definition) is 2. The first kappa shape index (κ1) is 29.0. The molecule has 0 fully saturated rings. The highest BCUT2D eigenvalue weighted by molar-refractivity contribution is 5.92. The van der Waals surface area contributed by atoms with Gasteiger partial charge in [0.25, 0.3) is 0 Å². The van der Waals surface area contributed by atoms with Gasteiger partial charge in [-0.15, -0.1) is 0 Å². The van der Waals surface area contributed by atoms with Crippen LogP contribution in [0.4, 0.5) is 0 Å². The van der Waals surface area contributed by atoms with Crippen molar-refractivity contribution in [3.05, 3.63) is 49.1 Å². The van der Waals surface area contributed by atoms with Crippen molar-refractivity contribution in [2.45, 2.75) is 20.8 Å². The van der Waals surface area contributed by atoms with E-state index < -0.39 is 11.9 Å². The van der Waals surface area contributed by atoms with Crippen LogP contribution in [-0.2, 0) is 28.7 Å². The van der Waals surface area contributed by atoms with Gasteiger partial charge in [0.05, 0.1) is 19.7 Å². The molecule has 0 spiro atoms. The van der Waals surface area contributed by atoms with Crippen molar-refractivity contribution in [1.29, 1.82) is 0 Å². The minimum atomic E-state index is -0.535. The summed E-state index contributed by atoms with van der Waals surface area (Å²) in [5.74, 6) is -1.48. The summed E-state index contributed by atoms with van der Waals surface area (Å²) in [6.45, 7) is 19.2. The molecule has 0 heterocycles. The van der Waals surface area contributed by atoms with Crippen LogP contribution in [0.5, 0.6) is 0 Å². The molecule has 0 saturated heterocycles. The van der Waals surface area contributed by atoms with E-state index in [1.165, 1.54) is 4.90 Å². The topological polar surface area (TPSA) is 122 Å². The Morgan fingerprint density at radius 2 is 1.53 bits per heavy atom. The minimum absolute atomic E-state index is 0.0733. The van der Waals surface area contributed by atoms with Crippen LogP contribution in [0.15, 0.2) is 49.1 Å². The Hall–Kier alpha value is -3.20. The summed E-state index contributed by atoms with van der Waals surface area (Å²) in [6.07, 6.45) is 1.05. The normalized spacial score (nSPS) is 9.20. The first-order valence-electron chi connectivity index (χ1n) is 9.09. The molecular weight excluding hydrogens is 392 g/mol. The molecule has 0 rings (SSSR count). The zero-order chi connectivity index (χ0) is 23.7. The number of carbonyl (C=O) groups excluding carboxylic acids is 4. The van der Waals surface area contributed by atoms with Crippen molar-refractivity contribution in [2.75, 3.05) is 39.5 Å². The molecule has 9 heteroatoms. The van der Waals surface area contributed by atoms with Gasteiger partial charge in [-0.3, -0.25) is 9.59 Å². The van der Waals surface area contributed by atoms with Crippen molar-refractivity contribution in [3.63, 3.8) is 0 Å². The second kappa shape index (κ2) is 16.7. The number of nitrogens with one attached hydrogen (secondary N) is 1. The summed E-state index contributed by atoms with van der Waals surface area (Å²) >= 11 is 0. The summed E-state index contributed by atoms with van der Waals surface area (Å²) in [5, 5.41) is 11.3. The molecule has 0 aromatic carbocycles. The molecule has 0 radical (unpaired) electrons. The molecule has 0 aliphatic carbocycles. The molecule has 2 amide bonds. The lowest BCUT2D eigenvalue weighted by molar-refractivity contribution is -0.140. The molecule has 0 unspecified atom stereocenters. The first-order chi connectivity index (χ1) is 14.0. The summed E-state index contributed by atoms with van der Waals surface area (Å²) in [6, 6.07) is 0. The molecule has 0 aliphatic heterocycles. The molecule has 0 aliphatic rings. The van der Waals surface area contributed by atoms with Crippen LogP contribution in [0.3, 0.4) is 0 Å². The van der Waals surface area contributed by atoms with E-state index >= 15 is 0 Å². The number of carbonyl (C=O) groups is 4. The van der Waals surface area contributed by atoms with Crippen molar-refractivity contribution >= 4 is 23.8 Å². The third kappa shape index (κ3) is 14.8. The van der Waals surface area contributed by atoms with Crippen LogP contribution in [0.25, 0.3) is 0 Å². The lowest BCUT2D eigenvalue weighted by atomic mass is 10.3. The highest BCUT2D eigenvalue weighted by Crippen LogP contribution is 1.98. The van der Waals surface area contributed by atoms with Crippen molar-refractivity contribution in [2.24, 2.45) is 0 Å². The fourth-order valence-electron chi connectivity index (χ4n) is 1.60. The van der Waals surface area contributed by atoms with E-state index in [1.54, 1.807) is 20.8 Å². The average Bonchev–Trinajstić information content (AvgIpc) is 2.69. The number of ether oxygens (including phenoxy) is 2. The van der Waals surface area contributed by atoms with Gasteiger partial charge in [-0.05, 0) is 20.8 Å². The van der Waals surface area contributed by atoms with E-state index in [-0.39, 0.29) is 51.3 Å². The zero-order valence-electron chi connectivity index (χ0n) is 18.0. The average molecular weight is 424 g/mol. The Labute approximate surface area is 177 Å². The van der Waals surface area contributed by atoms with Crippen molar-refractivity contribution in [3.8, 4) is 0 Å². The van der Waals surface area contributed by atoms with Gasteiger partial charge in [0.1, 0.15) is 13.2 Å². The number of rotatable bonds is 12. The van der Waals surface area contributed by atoms with Gasteiger partial charge in [-0.1, -0.05) is 26.3 Å². The van der Waals surface area contributed by atoms with Gasteiger partial charge >= 0.3 is 11.9 Å². The summed E-state index contributed by atoms with van der Waals surface area (Å²) in [5.41, 5.74) is 1.15. The Morgan fingerprint density at radius 1 is 0.933 bits per heavy atom. The highest BCUT2D eigenvalue weighted by atomic mass is 16.5. The number of aliphatic hydroxyl groups excluding tert-OH is 1. The second-order valence-electron chi connectivity index (χ2n) is 6.12. The molecule has 30 heavy (non-hydrogen) atoms. The fourth-order valence-corrected chi connectivity index (χ4v) is 1.60. The van der Waals surface area contributed by atoms with E-state index in [1.807, 2.05) is 0 Å². The van der Waals surface area contributed by atoms with Crippen LogP contribution < -0.4 is 5.32 Å². The minimum Gasteiger partial charge on any atom is -0.461 e. The lowest BCUT2D eigenvalue weighted by Gasteiger charge is -2.21. The quantitative estimate of drug-likeness (QED) is 0.271. The van der Waals surface area contributed by atoms with Crippen molar-refractivity contribution < 1.29 is 33.8 Å². The monoisotopic (exact) mass is 424 g/mol. The third-order valence-corrected chi connectivity index (χ3v) is 3.15. The molecule has 168 valence electrons. The summed E-state index contributed by atoms with van der Waals surface area (Å²) in [7, 11) is 0. The van der Waals surface area contributed by atoms with Crippen LogP contribution >= 0.6 is 0 Å². The molecule has 0 saturated carbocycles. The van der Waals surface area contributed by atoms with E-state index in [9.17, 15) is 19.2 Å². The van der Waals surface area contributed by atoms with E-state index in [0.717, 1.165) is 6.08 Å².